The summed E-state index contributed by atoms with van der Waals surface area (Å²) < 4.78 is 5.89. The van der Waals surface area contributed by atoms with Gasteiger partial charge in [0.25, 0.3) is 5.91 Å². The van der Waals surface area contributed by atoms with Crippen molar-refractivity contribution in [3.63, 3.8) is 0 Å². The monoisotopic (exact) mass is 339 g/mol. The summed E-state index contributed by atoms with van der Waals surface area (Å²) in [5, 5.41) is 3.15. The number of aryl methyl sites for hydroxylation is 2. The van der Waals surface area contributed by atoms with E-state index in [1.165, 1.54) is 5.56 Å². The van der Waals surface area contributed by atoms with Gasteiger partial charge in [0.05, 0.1) is 6.04 Å². The Morgan fingerprint density at radius 1 is 1.04 bits per heavy atom. The second-order valence-electron chi connectivity index (χ2n) is 7.13. The topological polar surface area (TPSA) is 38.3 Å². The van der Waals surface area contributed by atoms with Crippen LogP contribution in [0.2, 0.25) is 0 Å². The Morgan fingerprint density at radius 2 is 1.72 bits per heavy atom. The van der Waals surface area contributed by atoms with Gasteiger partial charge in [-0.2, -0.15) is 0 Å². The maximum Gasteiger partial charge on any atom is 0.261 e. The highest BCUT2D eigenvalue weighted by Crippen LogP contribution is 2.23. The Morgan fingerprint density at radius 3 is 2.32 bits per heavy atom. The number of carbonyl (C=O) groups is 1. The van der Waals surface area contributed by atoms with E-state index in [1.54, 1.807) is 6.92 Å². The van der Waals surface area contributed by atoms with E-state index in [1.807, 2.05) is 44.2 Å². The van der Waals surface area contributed by atoms with Crippen molar-refractivity contribution < 1.29 is 9.53 Å². The van der Waals surface area contributed by atoms with Crippen LogP contribution in [0.15, 0.2) is 48.5 Å². The molecule has 3 nitrogen and oxygen atoms in total. The zero-order valence-corrected chi connectivity index (χ0v) is 15.9. The van der Waals surface area contributed by atoms with E-state index < -0.39 is 6.10 Å². The molecule has 0 heterocycles. The molecule has 134 valence electrons. The van der Waals surface area contributed by atoms with Crippen LogP contribution in [0.5, 0.6) is 5.75 Å². The minimum absolute atomic E-state index is 0.00105. The van der Waals surface area contributed by atoms with E-state index in [-0.39, 0.29) is 11.9 Å². The highest BCUT2D eigenvalue weighted by atomic mass is 16.5. The normalized spacial score (nSPS) is 13.4. The largest absolute Gasteiger partial charge is 0.481 e. The molecule has 1 N–H and O–H groups in total. The second-order valence-corrected chi connectivity index (χ2v) is 7.13. The Labute approximate surface area is 151 Å². The van der Waals surface area contributed by atoms with Crippen molar-refractivity contribution in [1.82, 2.24) is 5.32 Å². The van der Waals surface area contributed by atoms with Gasteiger partial charge < -0.3 is 10.1 Å². The zero-order valence-electron chi connectivity index (χ0n) is 15.9. The lowest BCUT2D eigenvalue weighted by atomic mass is 9.97. The van der Waals surface area contributed by atoms with Crippen molar-refractivity contribution >= 4 is 5.91 Å². The van der Waals surface area contributed by atoms with Gasteiger partial charge in [-0.15, -0.1) is 0 Å². The quantitative estimate of drug-likeness (QED) is 0.773. The van der Waals surface area contributed by atoms with Crippen LogP contribution in [-0.4, -0.2) is 12.0 Å². The summed E-state index contributed by atoms with van der Waals surface area (Å²) in [6.45, 7) is 10.2. The lowest BCUT2D eigenvalue weighted by Crippen LogP contribution is -2.39. The van der Waals surface area contributed by atoms with Crippen LogP contribution in [0.25, 0.3) is 0 Å². The van der Waals surface area contributed by atoms with Gasteiger partial charge in [0, 0.05) is 0 Å². The molecule has 0 spiro atoms. The molecule has 0 aliphatic carbocycles. The maximum absolute atomic E-state index is 12.7. The third kappa shape index (κ3) is 5.63. The zero-order chi connectivity index (χ0) is 18.4. The standard InChI is InChI=1S/C22H29NO2/c1-15(2)13-20(19-9-7-6-8-10-19)23-22(24)18(5)25-21-12-11-16(3)14-17(21)4/h6-12,14-15,18,20H,13H2,1-5H3,(H,23,24). The van der Waals surface area contributed by atoms with Crippen molar-refractivity contribution in [1.29, 1.82) is 0 Å². The molecule has 2 rings (SSSR count). The third-order valence-corrected chi connectivity index (χ3v) is 4.23. The van der Waals surface area contributed by atoms with Gasteiger partial charge in [-0.25, -0.2) is 0 Å². The smallest absolute Gasteiger partial charge is 0.261 e. The van der Waals surface area contributed by atoms with E-state index in [4.69, 9.17) is 4.74 Å². The van der Waals surface area contributed by atoms with Gasteiger partial charge in [0.1, 0.15) is 5.75 Å². The van der Waals surface area contributed by atoms with Gasteiger partial charge in [-0.3, -0.25) is 4.79 Å². The van der Waals surface area contributed by atoms with E-state index in [2.05, 4.69) is 37.4 Å². The Kier molecular flexibility index (Phi) is 6.63. The summed E-state index contributed by atoms with van der Waals surface area (Å²) in [6.07, 6.45) is 0.353. The van der Waals surface area contributed by atoms with Crippen LogP contribution < -0.4 is 10.1 Å². The van der Waals surface area contributed by atoms with Crippen molar-refractivity contribution in [3.8, 4) is 5.75 Å². The van der Waals surface area contributed by atoms with Crippen LogP contribution in [-0.2, 0) is 4.79 Å². The second kappa shape index (κ2) is 8.70. The van der Waals surface area contributed by atoms with Crippen LogP contribution in [0, 0.1) is 19.8 Å². The van der Waals surface area contributed by atoms with E-state index in [0.29, 0.717) is 5.92 Å². The van der Waals surface area contributed by atoms with Crippen LogP contribution >= 0.6 is 0 Å². The predicted molar refractivity (Wildman–Crippen MR) is 103 cm³/mol. The lowest BCUT2D eigenvalue weighted by Gasteiger charge is -2.24. The predicted octanol–water partition coefficient (Wildman–Crippen LogP) is 4.97. The maximum atomic E-state index is 12.7. The number of nitrogens with one attached hydrogen (secondary N) is 1. The highest BCUT2D eigenvalue weighted by molar-refractivity contribution is 5.81. The molecule has 2 aromatic rings. The van der Waals surface area contributed by atoms with Crippen molar-refractivity contribution in [3.05, 3.63) is 65.2 Å². The van der Waals surface area contributed by atoms with Gasteiger partial charge >= 0.3 is 0 Å². The summed E-state index contributed by atoms with van der Waals surface area (Å²) in [5.41, 5.74) is 3.35. The molecule has 0 aromatic heterocycles. The Balaban J connectivity index is 2.06. The first-order chi connectivity index (χ1) is 11.9. The lowest BCUT2D eigenvalue weighted by molar-refractivity contribution is -0.128. The number of hydrogen-bond donors (Lipinski definition) is 1. The molecule has 25 heavy (non-hydrogen) atoms. The van der Waals surface area contributed by atoms with E-state index >= 15 is 0 Å². The first-order valence-corrected chi connectivity index (χ1v) is 8.96. The van der Waals surface area contributed by atoms with Crippen molar-refractivity contribution in [2.75, 3.05) is 0 Å². The molecule has 0 saturated carbocycles. The summed E-state index contributed by atoms with van der Waals surface area (Å²) >= 11 is 0. The average molecular weight is 339 g/mol. The minimum atomic E-state index is -0.542. The molecule has 3 heteroatoms. The molecule has 2 aromatic carbocycles. The molecule has 0 fully saturated rings. The van der Waals surface area contributed by atoms with Gasteiger partial charge in [-0.05, 0) is 50.3 Å². The molecule has 1 amide bonds. The van der Waals surface area contributed by atoms with Crippen LogP contribution in [0.1, 0.15) is 49.9 Å². The van der Waals surface area contributed by atoms with Crippen LogP contribution in [0.3, 0.4) is 0 Å². The summed E-state index contributed by atoms with van der Waals surface area (Å²) in [5.74, 6) is 1.16. The Bertz CT molecular complexity index is 694. The average Bonchev–Trinajstić information content (AvgIpc) is 2.57. The fourth-order valence-corrected chi connectivity index (χ4v) is 2.90. The number of amides is 1. The first-order valence-electron chi connectivity index (χ1n) is 8.96. The number of benzene rings is 2. The van der Waals surface area contributed by atoms with Gasteiger partial charge in [0.2, 0.25) is 0 Å². The van der Waals surface area contributed by atoms with Crippen molar-refractivity contribution in [2.24, 2.45) is 5.92 Å². The SMILES string of the molecule is Cc1ccc(OC(C)C(=O)NC(CC(C)C)c2ccccc2)c(C)c1. The Hall–Kier alpha value is -2.29. The number of rotatable bonds is 7. The molecular weight excluding hydrogens is 310 g/mol. The van der Waals surface area contributed by atoms with Crippen LogP contribution in [0.4, 0.5) is 0 Å². The summed E-state index contributed by atoms with van der Waals surface area (Å²) in [4.78, 5) is 12.7. The molecule has 0 bridgehead atoms. The molecule has 2 atom stereocenters. The molecular formula is C22H29NO2. The summed E-state index contributed by atoms with van der Waals surface area (Å²) in [7, 11) is 0. The third-order valence-electron chi connectivity index (χ3n) is 4.23. The molecule has 0 aliphatic rings. The molecule has 0 saturated heterocycles. The molecule has 2 unspecified atom stereocenters. The van der Waals surface area contributed by atoms with Gasteiger partial charge in [0.15, 0.2) is 6.10 Å². The van der Waals surface area contributed by atoms with E-state index in [0.717, 1.165) is 23.3 Å². The minimum Gasteiger partial charge on any atom is -0.481 e. The fourth-order valence-electron chi connectivity index (χ4n) is 2.90. The van der Waals surface area contributed by atoms with Crippen molar-refractivity contribution in [2.45, 2.75) is 53.2 Å². The fraction of sp³-hybridized carbons (Fsp3) is 0.409. The van der Waals surface area contributed by atoms with E-state index in [9.17, 15) is 4.79 Å². The van der Waals surface area contributed by atoms with Gasteiger partial charge in [-0.1, -0.05) is 61.9 Å². The number of hydrogen-bond acceptors (Lipinski definition) is 2. The highest BCUT2D eigenvalue weighted by Gasteiger charge is 2.21. The molecule has 0 radical (unpaired) electrons. The number of carbonyl (C=O) groups excluding carboxylic acids is 1. The number of ether oxygens (including phenoxy) is 1. The molecule has 0 aliphatic heterocycles. The first kappa shape index (κ1) is 19.0. The summed E-state index contributed by atoms with van der Waals surface area (Å²) in [6, 6.07) is 16.1.